The van der Waals surface area contributed by atoms with E-state index in [1.807, 2.05) is 11.1 Å². The largest absolute Gasteiger partial charge is 0.381 e. The van der Waals surface area contributed by atoms with Crippen molar-refractivity contribution < 1.29 is 9.53 Å². The van der Waals surface area contributed by atoms with Crippen molar-refractivity contribution in [3.63, 3.8) is 0 Å². The van der Waals surface area contributed by atoms with Crippen LogP contribution in [0.3, 0.4) is 0 Å². The Morgan fingerprint density at radius 3 is 2.86 bits per heavy atom. The molecule has 5 nitrogen and oxygen atoms in total. The number of likely N-dealkylation sites (tertiary alicyclic amines) is 1. The molecule has 116 valence electrons. The number of hydrogen-bond acceptors (Lipinski definition) is 3. The third-order valence-corrected chi connectivity index (χ3v) is 4.69. The fourth-order valence-electron chi connectivity index (χ4n) is 3.47. The standard InChI is InChI=1S/C16H25N3O2/c1-2-8-19-15(3-7-17-19)13-4-9-18(10-5-13)16(20)14-6-11-21-12-14/h3,7,13-14H,2,4-6,8-12H2,1H3/t14-/m1/s1. The minimum Gasteiger partial charge on any atom is -0.381 e. The normalized spacial score (nSPS) is 23.7. The van der Waals surface area contributed by atoms with Crippen molar-refractivity contribution in [1.29, 1.82) is 0 Å². The number of nitrogens with zero attached hydrogens (tertiary/aromatic N) is 3. The Kier molecular flexibility index (Phi) is 4.58. The number of amides is 1. The van der Waals surface area contributed by atoms with Crippen LogP contribution in [0.25, 0.3) is 0 Å². The molecule has 0 aromatic carbocycles. The third kappa shape index (κ3) is 3.12. The summed E-state index contributed by atoms with van der Waals surface area (Å²) in [6.07, 6.45) is 6.00. The summed E-state index contributed by atoms with van der Waals surface area (Å²) in [4.78, 5) is 14.4. The summed E-state index contributed by atoms with van der Waals surface area (Å²) in [5, 5.41) is 4.42. The highest BCUT2D eigenvalue weighted by Crippen LogP contribution is 2.29. The zero-order valence-electron chi connectivity index (χ0n) is 12.8. The number of carbonyl (C=O) groups excluding carboxylic acids is 1. The lowest BCUT2D eigenvalue weighted by Crippen LogP contribution is -2.41. The van der Waals surface area contributed by atoms with Crippen LogP contribution in [-0.2, 0) is 16.1 Å². The predicted molar refractivity (Wildman–Crippen MR) is 80.0 cm³/mol. The first kappa shape index (κ1) is 14.6. The Balaban J connectivity index is 1.57. The number of hydrogen-bond donors (Lipinski definition) is 0. The molecule has 2 aliphatic heterocycles. The smallest absolute Gasteiger partial charge is 0.228 e. The molecule has 2 fully saturated rings. The van der Waals surface area contributed by atoms with E-state index in [2.05, 4.69) is 22.8 Å². The van der Waals surface area contributed by atoms with Gasteiger partial charge < -0.3 is 9.64 Å². The topological polar surface area (TPSA) is 47.4 Å². The van der Waals surface area contributed by atoms with Crippen LogP contribution in [0.15, 0.2) is 12.3 Å². The Labute approximate surface area is 126 Å². The molecule has 0 N–H and O–H groups in total. The van der Waals surface area contributed by atoms with Crippen molar-refractivity contribution in [2.45, 2.75) is 45.1 Å². The van der Waals surface area contributed by atoms with Gasteiger partial charge in [-0.25, -0.2) is 0 Å². The van der Waals surface area contributed by atoms with Gasteiger partial charge in [0, 0.05) is 44.0 Å². The molecule has 0 aliphatic carbocycles. The average molecular weight is 291 g/mol. The lowest BCUT2D eigenvalue weighted by molar-refractivity contribution is -0.136. The van der Waals surface area contributed by atoms with Gasteiger partial charge in [0.25, 0.3) is 0 Å². The molecule has 3 heterocycles. The fraction of sp³-hybridized carbons (Fsp3) is 0.750. The summed E-state index contributed by atoms with van der Waals surface area (Å²) >= 11 is 0. The van der Waals surface area contributed by atoms with Crippen LogP contribution in [0, 0.1) is 5.92 Å². The van der Waals surface area contributed by atoms with Gasteiger partial charge in [0.15, 0.2) is 0 Å². The molecule has 0 unspecified atom stereocenters. The molecule has 21 heavy (non-hydrogen) atoms. The van der Waals surface area contributed by atoms with Gasteiger partial charge in [-0.3, -0.25) is 9.48 Å². The molecule has 0 spiro atoms. The molecule has 5 heteroatoms. The van der Waals surface area contributed by atoms with E-state index < -0.39 is 0 Å². The highest BCUT2D eigenvalue weighted by molar-refractivity contribution is 5.79. The third-order valence-electron chi connectivity index (χ3n) is 4.69. The lowest BCUT2D eigenvalue weighted by Gasteiger charge is -2.33. The summed E-state index contributed by atoms with van der Waals surface area (Å²) < 4.78 is 7.46. The van der Waals surface area contributed by atoms with Gasteiger partial charge in [0.1, 0.15) is 0 Å². The Morgan fingerprint density at radius 2 is 2.19 bits per heavy atom. The molecule has 2 aliphatic rings. The first-order valence-electron chi connectivity index (χ1n) is 8.18. The highest BCUT2D eigenvalue weighted by Gasteiger charge is 2.31. The minimum atomic E-state index is 0.104. The maximum absolute atomic E-state index is 12.4. The van der Waals surface area contributed by atoms with E-state index in [-0.39, 0.29) is 5.92 Å². The second-order valence-corrected chi connectivity index (χ2v) is 6.14. The van der Waals surface area contributed by atoms with Crippen molar-refractivity contribution in [1.82, 2.24) is 14.7 Å². The van der Waals surface area contributed by atoms with Gasteiger partial charge >= 0.3 is 0 Å². The van der Waals surface area contributed by atoms with Crippen LogP contribution < -0.4 is 0 Å². The number of rotatable bonds is 4. The van der Waals surface area contributed by atoms with Gasteiger partial charge in [0.05, 0.1) is 12.5 Å². The molecular weight excluding hydrogens is 266 g/mol. The molecule has 1 aromatic rings. The summed E-state index contributed by atoms with van der Waals surface area (Å²) in [5.41, 5.74) is 1.34. The minimum absolute atomic E-state index is 0.104. The maximum atomic E-state index is 12.4. The first-order valence-corrected chi connectivity index (χ1v) is 8.18. The van der Waals surface area contributed by atoms with Crippen molar-refractivity contribution >= 4 is 5.91 Å². The molecule has 1 aromatic heterocycles. The van der Waals surface area contributed by atoms with Crippen molar-refractivity contribution in [3.05, 3.63) is 18.0 Å². The zero-order chi connectivity index (χ0) is 14.7. The number of piperidine rings is 1. The monoisotopic (exact) mass is 291 g/mol. The summed E-state index contributed by atoms with van der Waals surface area (Å²) in [7, 11) is 0. The van der Waals surface area contributed by atoms with E-state index in [4.69, 9.17) is 4.74 Å². The highest BCUT2D eigenvalue weighted by atomic mass is 16.5. The number of ether oxygens (including phenoxy) is 1. The number of aromatic nitrogens is 2. The molecule has 1 atom stereocenters. The second kappa shape index (κ2) is 6.60. The van der Waals surface area contributed by atoms with Crippen molar-refractivity contribution in [2.24, 2.45) is 5.92 Å². The SMILES string of the molecule is CCCn1nccc1C1CCN(C(=O)[C@@H]2CCOC2)CC1. The van der Waals surface area contributed by atoms with E-state index >= 15 is 0 Å². The van der Waals surface area contributed by atoms with Crippen LogP contribution >= 0.6 is 0 Å². The molecule has 0 radical (unpaired) electrons. The quantitative estimate of drug-likeness (QED) is 0.853. The van der Waals surface area contributed by atoms with E-state index in [0.717, 1.165) is 51.9 Å². The fourth-order valence-corrected chi connectivity index (χ4v) is 3.47. The van der Waals surface area contributed by atoms with Gasteiger partial charge in [-0.1, -0.05) is 6.92 Å². The molecule has 2 saturated heterocycles. The van der Waals surface area contributed by atoms with Gasteiger partial charge in [0.2, 0.25) is 5.91 Å². The Morgan fingerprint density at radius 1 is 1.38 bits per heavy atom. The predicted octanol–water partition coefficient (Wildman–Crippen LogP) is 2.04. The Hall–Kier alpha value is -1.36. The maximum Gasteiger partial charge on any atom is 0.228 e. The molecule has 3 rings (SSSR count). The van der Waals surface area contributed by atoms with E-state index in [0.29, 0.717) is 18.4 Å². The lowest BCUT2D eigenvalue weighted by atomic mass is 9.92. The average Bonchev–Trinajstić information content (AvgIpc) is 3.19. The van der Waals surface area contributed by atoms with Crippen molar-refractivity contribution in [3.8, 4) is 0 Å². The van der Waals surface area contributed by atoms with Gasteiger partial charge in [-0.15, -0.1) is 0 Å². The summed E-state index contributed by atoms with van der Waals surface area (Å²) in [6, 6.07) is 2.14. The van der Waals surface area contributed by atoms with Gasteiger partial charge in [-0.05, 0) is 31.7 Å². The number of aryl methyl sites for hydroxylation is 1. The summed E-state index contributed by atoms with van der Waals surface area (Å²) in [6.45, 7) is 6.26. The van der Waals surface area contributed by atoms with Crippen LogP contribution in [-0.4, -0.2) is 46.9 Å². The summed E-state index contributed by atoms with van der Waals surface area (Å²) in [5.74, 6) is 0.947. The van der Waals surface area contributed by atoms with Crippen LogP contribution in [0.2, 0.25) is 0 Å². The van der Waals surface area contributed by atoms with E-state index in [9.17, 15) is 4.79 Å². The first-order chi connectivity index (χ1) is 10.3. The van der Waals surface area contributed by atoms with E-state index in [1.54, 1.807) is 0 Å². The van der Waals surface area contributed by atoms with Crippen LogP contribution in [0.1, 0.15) is 44.2 Å². The molecule has 0 bridgehead atoms. The Bertz CT molecular complexity index is 472. The van der Waals surface area contributed by atoms with Gasteiger partial charge in [-0.2, -0.15) is 5.10 Å². The van der Waals surface area contributed by atoms with Crippen LogP contribution in [0.4, 0.5) is 0 Å². The van der Waals surface area contributed by atoms with Crippen molar-refractivity contribution in [2.75, 3.05) is 26.3 Å². The molecule has 1 amide bonds. The van der Waals surface area contributed by atoms with E-state index in [1.165, 1.54) is 5.69 Å². The molecular formula is C16H25N3O2. The van der Waals surface area contributed by atoms with Crippen LogP contribution in [0.5, 0.6) is 0 Å². The number of carbonyl (C=O) groups is 1. The zero-order valence-corrected chi connectivity index (χ0v) is 12.8. The molecule has 0 saturated carbocycles. The second-order valence-electron chi connectivity index (χ2n) is 6.14.